The molecule has 12 heteroatoms. The van der Waals surface area contributed by atoms with Crippen LogP contribution < -0.4 is 40.2 Å². The molecule has 0 saturated carbocycles. The minimum absolute atomic E-state index is 0.00961. The first-order valence-electron chi connectivity index (χ1n) is 39.8. The van der Waals surface area contributed by atoms with E-state index in [9.17, 15) is 19.2 Å². The van der Waals surface area contributed by atoms with E-state index in [1.807, 2.05) is 5.32 Å². The summed E-state index contributed by atoms with van der Waals surface area (Å²) >= 11 is 0. The Bertz CT molecular complexity index is 5070. The number of benzene rings is 8. The lowest BCUT2D eigenvalue weighted by atomic mass is 10.0. The average Bonchev–Trinajstić information content (AvgIpc) is 0.724. The van der Waals surface area contributed by atoms with Crippen LogP contribution in [0.15, 0.2) is 145 Å². The number of hydrogen-bond acceptors (Lipinski definition) is 8. The summed E-state index contributed by atoms with van der Waals surface area (Å²) in [5.41, 5.74) is -1.35. The molecule has 72 heavy (non-hydrogen) atoms. The van der Waals surface area contributed by atoms with E-state index in [2.05, 4.69) is 15.4 Å². The molecule has 0 bridgehead atoms. The highest BCUT2D eigenvalue weighted by molar-refractivity contribution is 5.90. The van der Waals surface area contributed by atoms with Gasteiger partial charge in [0.25, 0.3) is 0 Å². The van der Waals surface area contributed by atoms with Gasteiger partial charge in [0.15, 0.2) is 0 Å². The van der Waals surface area contributed by atoms with Crippen LogP contribution in [0.1, 0.15) is 102 Å². The van der Waals surface area contributed by atoms with Crippen LogP contribution in [0, 0.1) is 0 Å². The van der Waals surface area contributed by atoms with Crippen LogP contribution in [0.5, 0.6) is 23.0 Å². The summed E-state index contributed by atoms with van der Waals surface area (Å²) in [4.78, 5) is 44.8. The van der Waals surface area contributed by atoms with Gasteiger partial charge in [0.05, 0.1) is 69.4 Å². The van der Waals surface area contributed by atoms with Crippen molar-refractivity contribution in [2.45, 2.75) is 53.3 Å². The highest BCUT2D eigenvalue weighted by Crippen LogP contribution is 2.28. The standard InChI is InChI=1S/4C15H17NO2/c4*1-11(17)16-9-8-13-5-3-4-12-6-7-14(18-2)10-15(12)13/h4*3-7,10H,8-9H2,1-2H3,(H,16,17)/i2D3,3D,4D,5D,6D,7D,8D2,9D2,10D;3D,4D,5D,6D,7D,8D2,9D2,10D;2D3,3D,4D,5D,6D,7D,10D;3D,4D,5D,6D,7D,10D. The number of amides is 4. The molecule has 4 amide bonds. The van der Waals surface area contributed by atoms with E-state index in [0.29, 0.717) is 0 Å². The Kier molecular flexibility index (Phi) is 8.92. The summed E-state index contributed by atoms with van der Waals surface area (Å²) < 4.78 is 321. The Morgan fingerprint density at radius 2 is 0.708 bits per heavy atom. The van der Waals surface area contributed by atoms with Crippen LogP contribution in [0.3, 0.4) is 0 Å². The largest absolute Gasteiger partial charge is 0.497 e. The molecule has 8 aromatic carbocycles. The van der Waals surface area contributed by atoms with Crippen molar-refractivity contribution in [1.29, 1.82) is 0 Å². The highest BCUT2D eigenvalue weighted by Gasteiger charge is 2.07. The minimum Gasteiger partial charge on any atom is -0.497 e. The SMILES string of the molecule is [2H]c1c([2H])c(C([2H])([2H])C([2H])([2H])NC(C)=O)c2c([2H])c(OC([2H])([2H])[2H])c([2H])c([2H])c2c1[2H].[2H]c1c([2H])c(C([2H])([2H])C([2H])([2H])NC(C)=O)c2c([2H])c(OC)c([2H])c([2H])c2c1[2H].[2H]c1c([2H])c(CCNC(C)=O)c2c([2H])c(OC([2H])([2H])[2H])c([2H])c([2H])c2c1[2H].[2H]c1c([2H])c(CCNC(C)=O)c2c([2H])c(OC)c([2H])c([2H])c2c1[2H]. The van der Waals surface area contributed by atoms with Crippen molar-refractivity contribution >= 4 is 66.7 Å². The molecule has 0 aliphatic heterocycles. The average molecular weight is 1010 g/mol. The number of ether oxygens (including phenoxy) is 4. The predicted octanol–water partition coefficient (Wildman–Crippen LogP) is 10.1. The fourth-order valence-corrected chi connectivity index (χ4v) is 5.62. The van der Waals surface area contributed by atoms with Gasteiger partial charge in [-0.15, -0.1) is 0 Å². The highest BCUT2D eigenvalue weighted by atomic mass is 16.5. The van der Waals surface area contributed by atoms with E-state index >= 15 is 0 Å². The molecular weight excluding hydrogens is 905 g/mol. The summed E-state index contributed by atoms with van der Waals surface area (Å²) in [6, 6.07) is -14.4. The van der Waals surface area contributed by atoms with Crippen molar-refractivity contribution in [1.82, 2.24) is 21.3 Å². The normalized spacial score (nSPS) is 19.0. The number of carbonyl (C=O) groups excluding carboxylic acids is 4. The Balaban J connectivity index is 0.000000263. The summed E-state index contributed by atoms with van der Waals surface area (Å²) in [5.74, 6) is -4.52. The first-order chi connectivity index (χ1) is 50.1. The quantitative estimate of drug-likeness (QED) is 0.0747. The van der Waals surface area contributed by atoms with E-state index in [-0.39, 0.29) is 118 Å². The molecule has 0 aromatic heterocycles. The van der Waals surface area contributed by atoms with E-state index in [0.717, 1.165) is 21.0 Å². The number of fused-ring (bicyclic) bond motifs is 4. The summed E-state index contributed by atoms with van der Waals surface area (Å²) in [6.45, 7) is -1.38. The monoisotopic (exact) mass is 1010 g/mol. The smallest absolute Gasteiger partial charge is 0.216 e. The summed E-state index contributed by atoms with van der Waals surface area (Å²) in [5, 5.41) is 6.26. The van der Waals surface area contributed by atoms with Gasteiger partial charge in [0.1, 0.15) is 23.0 Å². The van der Waals surface area contributed by atoms with Crippen molar-refractivity contribution in [3.05, 3.63) is 167 Å². The molecule has 8 aromatic rings. The number of nitrogens with one attached hydrogen (secondary N) is 4. The first-order valence-corrected chi connectivity index (χ1v) is 20.8. The number of rotatable bonds is 16. The lowest BCUT2D eigenvalue weighted by Crippen LogP contribution is -2.22. The van der Waals surface area contributed by atoms with Gasteiger partial charge in [0, 0.05) is 64.7 Å². The molecule has 0 aliphatic carbocycles. The van der Waals surface area contributed by atoms with Gasteiger partial charge in [-0.3, -0.25) is 19.2 Å². The van der Waals surface area contributed by atoms with Crippen LogP contribution in [0.4, 0.5) is 0 Å². The van der Waals surface area contributed by atoms with Gasteiger partial charge < -0.3 is 40.2 Å². The zero-order valence-electron chi connectivity index (χ0n) is 77.1. The molecule has 376 valence electrons. The maximum absolute atomic E-state index is 11.4. The molecule has 12 nitrogen and oxygen atoms in total. The molecule has 4 N–H and O–H groups in total. The van der Waals surface area contributed by atoms with E-state index in [4.69, 9.17) is 66.3 Å². The van der Waals surface area contributed by atoms with Crippen molar-refractivity contribution < 1.29 is 90.2 Å². The van der Waals surface area contributed by atoms with Crippen LogP contribution in [0.25, 0.3) is 43.1 Å². The Morgan fingerprint density at radius 1 is 0.417 bits per heavy atom. The number of hydrogen-bond donors (Lipinski definition) is 4. The fourth-order valence-electron chi connectivity index (χ4n) is 5.62. The third-order valence-corrected chi connectivity index (χ3v) is 8.78. The molecule has 0 atom stereocenters. The predicted molar refractivity (Wildman–Crippen MR) is 292 cm³/mol. The first kappa shape index (κ1) is 22.5. The van der Waals surface area contributed by atoms with Crippen LogP contribution in [0.2, 0.25) is 0 Å². The van der Waals surface area contributed by atoms with Crippen LogP contribution in [-0.2, 0) is 44.8 Å². The molecule has 0 saturated heterocycles. The molecule has 0 fully saturated rings. The topological polar surface area (TPSA) is 153 Å². The second kappa shape index (κ2) is 28.5. The fraction of sp³-hybridized carbons (Fsp3) is 0.267. The molecule has 0 aliphatic rings. The Labute approximate surface area is 476 Å². The maximum atomic E-state index is 11.4. The van der Waals surface area contributed by atoms with Crippen molar-refractivity contribution in [3.63, 3.8) is 0 Å². The van der Waals surface area contributed by atoms with Crippen molar-refractivity contribution in [2.75, 3.05) is 54.4 Å². The number of aryl methyl sites for hydroxylation is 2. The molecule has 8 rings (SSSR count). The Hall–Kier alpha value is -8.12. The summed E-state index contributed by atoms with van der Waals surface area (Å²) in [6.07, 6.45) is -6.20. The zero-order chi connectivity index (χ0) is 84.9. The maximum Gasteiger partial charge on any atom is 0.216 e. The van der Waals surface area contributed by atoms with E-state index in [1.165, 1.54) is 21.0 Å². The number of carbonyl (C=O) groups is 4. The molecule has 0 unspecified atom stereocenters. The number of methoxy groups -OCH3 is 4. The molecule has 0 heterocycles. The molecular formula is C60H68N4O8. The second-order valence-corrected chi connectivity index (χ2v) is 14.0. The second-order valence-electron chi connectivity index (χ2n) is 14.0. The third kappa shape index (κ3) is 17.1. The minimum atomic E-state index is -3.28. The van der Waals surface area contributed by atoms with Gasteiger partial charge >= 0.3 is 0 Å². The molecule has 0 spiro atoms. The van der Waals surface area contributed by atoms with Crippen molar-refractivity contribution in [2.24, 2.45) is 0 Å². The zero-order valence-corrected chi connectivity index (χ0v) is 39.1. The van der Waals surface area contributed by atoms with Gasteiger partial charge in [-0.1, -0.05) is 96.7 Å². The van der Waals surface area contributed by atoms with Crippen molar-refractivity contribution in [3.8, 4) is 23.0 Å². The van der Waals surface area contributed by atoms with Gasteiger partial charge in [-0.25, -0.2) is 0 Å². The van der Waals surface area contributed by atoms with Crippen LogP contribution >= 0.6 is 0 Å². The molecule has 0 radical (unpaired) electrons. The van der Waals surface area contributed by atoms with Gasteiger partial charge in [-0.05, 0) is 139 Å². The van der Waals surface area contributed by atoms with E-state index < -0.39 is 204 Å². The third-order valence-electron chi connectivity index (χ3n) is 8.78. The van der Waals surface area contributed by atoms with E-state index in [1.54, 1.807) is 5.32 Å². The lowest BCUT2D eigenvalue weighted by molar-refractivity contribution is -0.119. The van der Waals surface area contributed by atoms with Gasteiger partial charge in [-0.2, -0.15) is 0 Å². The van der Waals surface area contributed by atoms with Crippen LogP contribution in [-0.4, -0.2) is 78.0 Å². The summed E-state index contributed by atoms with van der Waals surface area (Å²) in [7, 11) is -3.69. The van der Waals surface area contributed by atoms with Gasteiger partial charge in [0.2, 0.25) is 23.6 Å². The lowest BCUT2D eigenvalue weighted by Gasteiger charge is -2.08. The Morgan fingerprint density at radius 3 is 1.00 bits per heavy atom.